The number of pyridine rings is 1. The molecule has 1 aromatic carbocycles. The number of aromatic amines is 1. The van der Waals surface area contributed by atoms with E-state index in [4.69, 9.17) is 10.00 Å². The largest absolute Gasteiger partial charge is 0.494 e. The molecule has 0 bridgehead atoms. The molecular formula is C18H18N4O5S. The summed E-state index contributed by atoms with van der Waals surface area (Å²) in [4.78, 5) is 18.2. The molecule has 0 unspecified atom stereocenters. The lowest BCUT2D eigenvalue weighted by Crippen LogP contribution is -2.40. The highest BCUT2D eigenvalue weighted by molar-refractivity contribution is 7.89. The number of rotatable bonds is 4. The summed E-state index contributed by atoms with van der Waals surface area (Å²) in [5.74, 6) is -0.392. The fraction of sp³-hybridized carbons (Fsp3) is 0.278. The Kier molecular flexibility index (Phi) is 5.60. The summed E-state index contributed by atoms with van der Waals surface area (Å²) in [6.07, 6.45) is 1.31. The minimum atomic E-state index is -3.59. The van der Waals surface area contributed by atoms with Crippen LogP contribution in [0.5, 0.6) is 5.88 Å². The molecule has 0 saturated carbocycles. The molecule has 10 heteroatoms. The molecule has 146 valence electrons. The van der Waals surface area contributed by atoms with Crippen LogP contribution in [0.2, 0.25) is 0 Å². The molecule has 0 spiro atoms. The summed E-state index contributed by atoms with van der Waals surface area (Å²) in [5.41, 5.74) is 0.183. The van der Waals surface area contributed by atoms with Crippen LogP contribution in [-0.4, -0.2) is 55.3 Å². The molecular weight excluding hydrogens is 384 g/mol. The van der Waals surface area contributed by atoms with Gasteiger partial charge in [-0.05, 0) is 36.8 Å². The summed E-state index contributed by atoms with van der Waals surface area (Å²) in [6, 6.07) is 7.77. The normalized spacial score (nSPS) is 15.6. The highest BCUT2D eigenvalue weighted by Gasteiger charge is 2.26. The zero-order valence-corrected chi connectivity index (χ0v) is 15.9. The van der Waals surface area contributed by atoms with Gasteiger partial charge >= 0.3 is 0 Å². The molecule has 1 aromatic heterocycles. The van der Waals surface area contributed by atoms with Gasteiger partial charge in [0.15, 0.2) is 0 Å². The Morgan fingerprint density at radius 3 is 2.54 bits per heavy atom. The van der Waals surface area contributed by atoms with E-state index in [1.54, 1.807) is 6.07 Å². The van der Waals surface area contributed by atoms with Gasteiger partial charge in [-0.25, -0.2) is 8.42 Å². The van der Waals surface area contributed by atoms with E-state index < -0.39 is 21.5 Å². The number of benzene rings is 1. The fourth-order valence-corrected chi connectivity index (χ4v) is 4.20. The number of morpholine rings is 1. The zero-order chi connectivity index (χ0) is 20.3. The van der Waals surface area contributed by atoms with Gasteiger partial charge in [-0.15, -0.1) is 0 Å². The number of aliphatic imine (C=N–C) groups is 1. The molecule has 9 nitrogen and oxygen atoms in total. The smallest absolute Gasteiger partial charge is 0.268 e. The van der Waals surface area contributed by atoms with Crippen LogP contribution in [0.25, 0.3) is 0 Å². The fourth-order valence-electron chi connectivity index (χ4n) is 2.79. The van der Waals surface area contributed by atoms with E-state index in [2.05, 4.69) is 9.98 Å². The molecule has 0 aliphatic carbocycles. The lowest BCUT2D eigenvalue weighted by Gasteiger charge is -2.26. The number of aromatic nitrogens is 1. The van der Waals surface area contributed by atoms with Crippen molar-refractivity contribution in [2.75, 3.05) is 26.3 Å². The van der Waals surface area contributed by atoms with Crippen molar-refractivity contribution in [3.8, 4) is 11.9 Å². The predicted molar refractivity (Wildman–Crippen MR) is 101 cm³/mol. The van der Waals surface area contributed by atoms with Gasteiger partial charge in [-0.2, -0.15) is 9.57 Å². The maximum absolute atomic E-state index is 12.6. The quantitative estimate of drug-likeness (QED) is 0.733. The van der Waals surface area contributed by atoms with Crippen LogP contribution in [0.1, 0.15) is 16.7 Å². The first-order chi connectivity index (χ1) is 13.3. The summed E-state index contributed by atoms with van der Waals surface area (Å²) >= 11 is 0. The first kappa shape index (κ1) is 19.8. The third-order valence-electron chi connectivity index (χ3n) is 4.39. The number of H-pyrrole nitrogens is 1. The second-order valence-corrected chi connectivity index (χ2v) is 8.03. The van der Waals surface area contributed by atoms with Gasteiger partial charge in [0.05, 0.1) is 29.4 Å². The maximum Gasteiger partial charge on any atom is 0.268 e. The van der Waals surface area contributed by atoms with E-state index in [9.17, 15) is 18.3 Å². The molecule has 1 aliphatic heterocycles. The van der Waals surface area contributed by atoms with Crippen molar-refractivity contribution in [3.63, 3.8) is 0 Å². The summed E-state index contributed by atoms with van der Waals surface area (Å²) in [7, 11) is -3.59. The highest BCUT2D eigenvalue weighted by atomic mass is 32.2. The Labute approximate surface area is 161 Å². The van der Waals surface area contributed by atoms with E-state index in [-0.39, 0.29) is 16.0 Å². The maximum atomic E-state index is 12.6. The van der Waals surface area contributed by atoms with Crippen molar-refractivity contribution < 1.29 is 18.3 Å². The van der Waals surface area contributed by atoms with Crippen molar-refractivity contribution in [1.82, 2.24) is 9.29 Å². The number of nitrogens with zero attached hydrogens (tertiary/aromatic N) is 3. The number of aromatic hydroxyl groups is 1. The molecule has 1 saturated heterocycles. The van der Waals surface area contributed by atoms with E-state index in [0.717, 1.165) is 0 Å². The van der Waals surface area contributed by atoms with E-state index >= 15 is 0 Å². The molecule has 2 heterocycles. The number of hydrogen-bond acceptors (Lipinski definition) is 7. The topological polar surface area (TPSA) is 136 Å². The lowest BCUT2D eigenvalue weighted by atomic mass is 10.1. The molecule has 0 amide bonds. The number of sulfonamides is 1. The van der Waals surface area contributed by atoms with Crippen molar-refractivity contribution >= 4 is 21.9 Å². The summed E-state index contributed by atoms with van der Waals surface area (Å²) < 4.78 is 31.8. The number of nitrogens with one attached hydrogen (secondary N) is 1. The molecule has 0 radical (unpaired) electrons. The van der Waals surface area contributed by atoms with Crippen LogP contribution in [-0.2, 0) is 14.8 Å². The average molecular weight is 402 g/mol. The predicted octanol–water partition coefficient (Wildman–Crippen LogP) is 1.03. The standard InChI is InChI=1S/C18H18N4O5S/c1-12-15(10-19)17(23)21-18(24)16(12)11-20-13-2-4-14(5-3-13)28(25,26)22-6-8-27-9-7-22/h2-5,11H,6-9H2,1H3,(H2,21,23,24). The van der Waals surface area contributed by atoms with Gasteiger partial charge in [0.1, 0.15) is 11.6 Å². The monoisotopic (exact) mass is 402 g/mol. The molecule has 1 fully saturated rings. The first-order valence-electron chi connectivity index (χ1n) is 8.42. The van der Waals surface area contributed by atoms with Crippen LogP contribution >= 0.6 is 0 Å². The van der Waals surface area contributed by atoms with Gasteiger partial charge in [0.2, 0.25) is 15.9 Å². The van der Waals surface area contributed by atoms with Crippen LogP contribution < -0.4 is 5.56 Å². The van der Waals surface area contributed by atoms with Crippen molar-refractivity contribution in [2.45, 2.75) is 11.8 Å². The van der Waals surface area contributed by atoms with Gasteiger partial charge in [-0.3, -0.25) is 14.8 Å². The van der Waals surface area contributed by atoms with Gasteiger partial charge < -0.3 is 9.84 Å². The van der Waals surface area contributed by atoms with Crippen molar-refractivity contribution in [2.24, 2.45) is 4.99 Å². The molecule has 2 N–H and O–H groups in total. The summed E-state index contributed by atoms with van der Waals surface area (Å²) in [5, 5.41) is 19.0. The molecule has 28 heavy (non-hydrogen) atoms. The lowest BCUT2D eigenvalue weighted by molar-refractivity contribution is 0.0730. The van der Waals surface area contributed by atoms with E-state index in [0.29, 0.717) is 37.6 Å². The number of nitriles is 1. The average Bonchev–Trinajstić information content (AvgIpc) is 2.69. The second kappa shape index (κ2) is 7.93. The van der Waals surface area contributed by atoms with E-state index in [1.807, 2.05) is 0 Å². The zero-order valence-electron chi connectivity index (χ0n) is 15.0. The molecule has 1 aliphatic rings. The van der Waals surface area contributed by atoms with Gasteiger partial charge in [-0.1, -0.05) is 0 Å². The Morgan fingerprint density at radius 1 is 1.29 bits per heavy atom. The Morgan fingerprint density at radius 2 is 1.93 bits per heavy atom. The minimum absolute atomic E-state index is 0.105. The number of ether oxygens (including phenoxy) is 1. The minimum Gasteiger partial charge on any atom is -0.494 e. The first-order valence-corrected chi connectivity index (χ1v) is 9.86. The summed E-state index contributed by atoms with van der Waals surface area (Å²) in [6.45, 7) is 2.90. The number of hydrogen-bond donors (Lipinski definition) is 2. The molecule has 3 rings (SSSR count). The van der Waals surface area contributed by atoms with Gasteiger partial charge in [0, 0.05) is 19.3 Å². The Balaban J connectivity index is 1.86. The van der Waals surface area contributed by atoms with Crippen LogP contribution in [0.3, 0.4) is 0 Å². The van der Waals surface area contributed by atoms with Gasteiger partial charge in [0.25, 0.3) is 5.56 Å². The second-order valence-electron chi connectivity index (χ2n) is 6.10. The van der Waals surface area contributed by atoms with Crippen molar-refractivity contribution in [1.29, 1.82) is 5.26 Å². The van der Waals surface area contributed by atoms with E-state index in [1.165, 1.54) is 41.7 Å². The Hall–Kier alpha value is -3.00. The molecule has 2 aromatic rings. The third-order valence-corrected chi connectivity index (χ3v) is 6.31. The van der Waals surface area contributed by atoms with Crippen LogP contribution in [0.4, 0.5) is 5.69 Å². The SMILES string of the molecule is Cc1c(C=Nc2ccc(S(=O)(=O)N3CCOCC3)cc2)c(O)[nH]c(=O)c1C#N. The Bertz CT molecular complexity index is 1110. The molecule has 0 atom stereocenters. The van der Waals surface area contributed by atoms with Crippen LogP contribution in [0.15, 0.2) is 38.9 Å². The van der Waals surface area contributed by atoms with Crippen LogP contribution in [0, 0.1) is 18.3 Å². The van der Waals surface area contributed by atoms with Crippen molar-refractivity contribution in [3.05, 3.63) is 51.3 Å². The highest BCUT2D eigenvalue weighted by Crippen LogP contribution is 2.22. The third kappa shape index (κ3) is 3.82.